The Balaban J connectivity index is 2.78. The third-order valence-corrected chi connectivity index (χ3v) is 4.74. The van der Waals surface area contributed by atoms with E-state index in [-0.39, 0.29) is 36.9 Å². The van der Waals surface area contributed by atoms with E-state index < -0.39 is 36.3 Å². The Bertz CT molecular complexity index is 776. The van der Waals surface area contributed by atoms with Gasteiger partial charge in [0.15, 0.2) is 12.1 Å². The van der Waals surface area contributed by atoms with Crippen LogP contribution in [0.25, 0.3) is 0 Å². The fourth-order valence-corrected chi connectivity index (χ4v) is 3.25. The van der Waals surface area contributed by atoms with Gasteiger partial charge in [-0.25, -0.2) is 4.79 Å². The third-order valence-electron chi connectivity index (χ3n) is 4.74. The first-order valence-corrected chi connectivity index (χ1v) is 10.9. The lowest BCUT2D eigenvalue weighted by molar-refractivity contribution is -0.133. The molecule has 2 atom stereocenters. The molecule has 0 heterocycles. The Morgan fingerprint density at radius 1 is 0.969 bits per heavy atom. The number of hydrogen-bond donors (Lipinski definition) is 2. The van der Waals surface area contributed by atoms with E-state index in [0.717, 1.165) is 5.56 Å². The summed E-state index contributed by atoms with van der Waals surface area (Å²) in [6.45, 7) is 7.39. The monoisotopic (exact) mass is 446 g/mol. The largest absolute Gasteiger partial charge is 0.445 e. The Morgan fingerprint density at radius 3 is 2.16 bits per heavy atom. The number of benzene rings is 1. The molecule has 8 heteroatoms. The van der Waals surface area contributed by atoms with Gasteiger partial charge in [-0.05, 0) is 30.2 Å². The summed E-state index contributed by atoms with van der Waals surface area (Å²) < 4.78 is 5.23. The van der Waals surface area contributed by atoms with Gasteiger partial charge in [-0.15, -0.1) is 0 Å². The second-order valence-corrected chi connectivity index (χ2v) is 8.69. The fraction of sp³-hybridized carbons (Fsp3) is 0.542. The molecular formula is C24H34N2O6. The van der Waals surface area contributed by atoms with E-state index in [9.17, 15) is 24.0 Å². The maximum Gasteiger partial charge on any atom is 0.408 e. The molecule has 0 unspecified atom stereocenters. The summed E-state index contributed by atoms with van der Waals surface area (Å²) >= 11 is 0. The molecule has 0 aliphatic heterocycles. The highest BCUT2D eigenvalue weighted by Crippen LogP contribution is 2.19. The number of alkyl carbamates (subject to hydrolysis) is 1. The lowest BCUT2D eigenvalue weighted by Crippen LogP contribution is -2.44. The zero-order chi connectivity index (χ0) is 24.1. The topological polar surface area (TPSA) is 119 Å². The van der Waals surface area contributed by atoms with Crippen molar-refractivity contribution in [1.82, 2.24) is 10.6 Å². The van der Waals surface area contributed by atoms with Crippen LogP contribution in [-0.4, -0.2) is 42.4 Å². The SMILES string of the molecule is CC(C)C[C@H](CC(=O)[C@H](CC(C)C)NC(=O)OCc1ccccc1)C(=O)NCC(=O)C=O. The van der Waals surface area contributed by atoms with Gasteiger partial charge in [0.25, 0.3) is 0 Å². The highest BCUT2D eigenvalue weighted by Gasteiger charge is 2.29. The molecule has 0 radical (unpaired) electrons. The van der Waals surface area contributed by atoms with Gasteiger partial charge in [-0.2, -0.15) is 0 Å². The molecule has 0 spiro atoms. The minimum Gasteiger partial charge on any atom is -0.445 e. The zero-order valence-electron chi connectivity index (χ0n) is 19.3. The van der Waals surface area contributed by atoms with Crippen LogP contribution in [0.4, 0.5) is 4.79 Å². The predicted octanol–water partition coefficient (Wildman–Crippen LogP) is 2.83. The number of aldehydes is 1. The number of carbonyl (C=O) groups is 5. The van der Waals surface area contributed by atoms with E-state index in [1.54, 1.807) is 0 Å². The van der Waals surface area contributed by atoms with Crippen molar-refractivity contribution >= 4 is 29.9 Å². The summed E-state index contributed by atoms with van der Waals surface area (Å²) in [5.41, 5.74) is 0.827. The minimum absolute atomic E-state index is 0.0817. The van der Waals surface area contributed by atoms with E-state index >= 15 is 0 Å². The standard InChI is InChI=1S/C24H34N2O6/c1-16(2)10-19(23(30)25-13-20(28)14-27)12-22(29)21(11-17(3)4)26-24(31)32-15-18-8-6-5-7-9-18/h5-9,14,16-17,19,21H,10-13,15H2,1-4H3,(H,25,30)(H,26,31)/t19-,21+/m1/s1. The van der Waals surface area contributed by atoms with Crippen LogP contribution in [0, 0.1) is 17.8 Å². The van der Waals surface area contributed by atoms with Crippen LogP contribution in [0.3, 0.4) is 0 Å². The van der Waals surface area contributed by atoms with Gasteiger partial charge in [-0.3, -0.25) is 19.2 Å². The quantitative estimate of drug-likeness (QED) is 0.335. The summed E-state index contributed by atoms with van der Waals surface area (Å²) in [5.74, 6) is -1.89. The summed E-state index contributed by atoms with van der Waals surface area (Å²) in [6, 6.07) is 8.40. The second-order valence-electron chi connectivity index (χ2n) is 8.69. The van der Waals surface area contributed by atoms with Gasteiger partial charge in [-0.1, -0.05) is 58.0 Å². The van der Waals surface area contributed by atoms with Crippen molar-refractivity contribution in [3.63, 3.8) is 0 Å². The van der Waals surface area contributed by atoms with Crippen molar-refractivity contribution in [3.8, 4) is 0 Å². The van der Waals surface area contributed by atoms with Crippen LogP contribution in [0.2, 0.25) is 0 Å². The maximum atomic E-state index is 13.0. The molecule has 1 rings (SSSR count). The van der Waals surface area contributed by atoms with Gasteiger partial charge < -0.3 is 15.4 Å². The van der Waals surface area contributed by atoms with Crippen LogP contribution in [0.15, 0.2) is 30.3 Å². The van der Waals surface area contributed by atoms with Crippen LogP contribution in [-0.2, 0) is 30.5 Å². The smallest absolute Gasteiger partial charge is 0.408 e. The molecule has 0 aromatic heterocycles. The number of ketones is 2. The number of nitrogens with one attached hydrogen (secondary N) is 2. The van der Waals surface area contributed by atoms with Crippen molar-refractivity contribution in [1.29, 1.82) is 0 Å². The van der Waals surface area contributed by atoms with Crippen molar-refractivity contribution in [2.75, 3.05) is 6.54 Å². The van der Waals surface area contributed by atoms with Gasteiger partial charge in [0, 0.05) is 12.3 Å². The van der Waals surface area contributed by atoms with E-state index in [1.807, 2.05) is 58.0 Å². The number of amides is 2. The van der Waals surface area contributed by atoms with Crippen LogP contribution in [0.1, 0.15) is 52.5 Å². The molecule has 0 bridgehead atoms. The van der Waals surface area contributed by atoms with Gasteiger partial charge in [0.1, 0.15) is 6.61 Å². The average molecular weight is 447 g/mol. The molecule has 0 aliphatic rings. The first-order chi connectivity index (χ1) is 15.1. The molecule has 0 saturated heterocycles. The first kappa shape index (κ1) is 27.0. The Morgan fingerprint density at radius 2 is 1.59 bits per heavy atom. The molecule has 0 fully saturated rings. The molecule has 1 aromatic carbocycles. The Kier molecular flexibility index (Phi) is 11.9. The first-order valence-electron chi connectivity index (χ1n) is 10.9. The van der Waals surface area contributed by atoms with Gasteiger partial charge in [0.2, 0.25) is 11.7 Å². The summed E-state index contributed by atoms with van der Waals surface area (Å²) in [6.07, 6.45) is 0.190. The van der Waals surface area contributed by atoms with Crippen molar-refractivity contribution < 1.29 is 28.7 Å². The normalized spacial score (nSPS) is 12.7. The zero-order valence-corrected chi connectivity index (χ0v) is 19.3. The third kappa shape index (κ3) is 10.8. The fourth-order valence-electron chi connectivity index (χ4n) is 3.25. The molecule has 1 aromatic rings. The Hall–Kier alpha value is -3.03. The predicted molar refractivity (Wildman–Crippen MR) is 120 cm³/mol. The van der Waals surface area contributed by atoms with E-state index in [1.165, 1.54) is 0 Å². The van der Waals surface area contributed by atoms with E-state index in [0.29, 0.717) is 12.8 Å². The minimum atomic E-state index is -0.794. The summed E-state index contributed by atoms with van der Waals surface area (Å²) in [7, 11) is 0. The summed E-state index contributed by atoms with van der Waals surface area (Å²) in [4.78, 5) is 59.5. The molecule has 32 heavy (non-hydrogen) atoms. The molecular weight excluding hydrogens is 412 g/mol. The molecule has 8 nitrogen and oxygen atoms in total. The highest BCUT2D eigenvalue weighted by atomic mass is 16.5. The number of Topliss-reactive ketones (excluding diaryl/α,β-unsaturated/α-hetero) is 2. The summed E-state index contributed by atoms with van der Waals surface area (Å²) in [5, 5.41) is 5.05. The lowest BCUT2D eigenvalue weighted by atomic mass is 9.88. The number of carbonyl (C=O) groups excluding carboxylic acids is 5. The average Bonchev–Trinajstić information content (AvgIpc) is 2.74. The number of hydrogen-bond acceptors (Lipinski definition) is 6. The lowest BCUT2D eigenvalue weighted by Gasteiger charge is -2.23. The molecule has 2 N–H and O–H groups in total. The second kappa shape index (κ2) is 14.1. The van der Waals surface area contributed by atoms with Crippen LogP contribution >= 0.6 is 0 Å². The van der Waals surface area contributed by atoms with Crippen LogP contribution in [0.5, 0.6) is 0 Å². The van der Waals surface area contributed by atoms with Crippen molar-refractivity contribution in [2.24, 2.45) is 17.8 Å². The van der Waals surface area contributed by atoms with Crippen molar-refractivity contribution in [2.45, 2.75) is 59.6 Å². The van der Waals surface area contributed by atoms with Crippen LogP contribution < -0.4 is 10.6 Å². The highest BCUT2D eigenvalue weighted by molar-refractivity contribution is 6.26. The van der Waals surface area contributed by atoms with E-state index in [2.05, 4.69) is 10.6 Å². The van der Waals surface area contributed by atoms with Gasteiger partial charge in [0.05, 0.1) is 12.6 Å². The van der Waals surface area contributed by atoms with Gasteiger partial charge >= 0.3 is 6.09 Å². The molecule has 2 amide bonds. The molecule has 0 saturated carbocycles. The Labute approximate surface area is 189 Å². The number of rotatable bonds is 14. The van der Waals surface area contributed by atoms with E-state index in [4.69, 9.17) is 4.74 Å². The maximum absolute atomic E-state index is 13.0. The molecule has 176 valence electrons. The van der Waals surface area contributed by atoms with Crippen molar-refractivity contribution in [3.05, 3.63) is 35.9 Å². The molecule has 0 aliphatic carbocycles. The number of ether oxygens (including phenoxy) is 1.